The highest BCUT2D eigenvalue weighted by Gasteiger charge is 2.31. The van der Waals surface area contributed by atoms with Crippen LogP contribution in [-0.2, 0) is 17.8 Å². The van der Waals surface area contributed by atoms with E-state index in [1.165, 1.54) is 24.0 Å². The average molecular weight is 258 g/mol. The molecule has 102 valence electrons. The number of hydrogen-bond donors (Lipinski definition) is 1. The van der Waals surface area contributed by atoms with Gasteiger partial charge in [0, 0.05) is 19.6 Å². The normalized spacial score (nSPS) is 26.3. The minimum absolute atomic E-state index is 0.0227. The van der Waals surface area contributed by atoms with Gasteiger partial charge in [0.2, 0.25) is 5.91 Å². The van der Waals surface area contributed by atoms with Crippen molar-refractivity contribution in [3.05, 3.63) is 35.4 Å². The highest BCUT2D eigenvalue weighted by Crippen LogP contribution is 2.22. The zero-order valence-corrected chi connectivity index (χ0v) is 11.6. The third-order valence-corrected chi connectivity index (χ3v) is 4.55. The molecular formula is C16H22N2O. The van der Waals surface area contributed by atoms with Crippen molar-refractivity contribution in [2.45, 2.75) is 38.8 Å². The molecule has 3 rings (SSSR count). The van der Waals surface area contributed by atoms with Gasteiger partial charge in [0.25, 0.3) is 0 Å². The number of carbonyl (C=O) groups excluding carboxylic acids is 1. The van der Waals surface area contributed by atoms with E-state index in [9.17, 15) is 4.79 Å². The molecule has 0 aromatic heterocycles. The van der Waals surface area contributed by atoms with E-state index in [0.29, 0.717) is 11.8 Å². The fraction of sp³-hybridized carbons (Fsp3) is 0.562. The van der Waals surface area contributed by atoms with E-state index < -0.39 is 0 Å². The number of benzene rings is 1. The molecule has 1 amide bonds. The summed E-state index contributed by atoms with van der Waals surface area (Å²) in [4.78, 5) is 14.6. The van der Waals surface area contributed by atoms with Gasteiger partial charge in [-0.2, -0.15) is 0 Å². The van der Waals surface area contributed by atoms with Gasteiger partial charge in [-0.3, -0.25) is 4.79 Å². The van der Waals surface area contributed by atoms with E-state index in [0.717, 1.165) is 26.1 Å². The summed E-state index contributed by atoms with van der Waals surface area (Å²) in [5, 5.41) is 3.39. The third kappa shape index (κ3) is 2.52. The second kappa shape index (κ2) is 5.33. The highest BCUT2D eigenvalue weighted by molar-refractivity contribution is 5.82. The lowest BCUT2D eigenvalue weighted by Crippen LogP contribution is -2.48. The standard InChI is InChI=1S/C16H22N2O/c1-2-12-7-8-18(11-12)16(19)15-9-13-5-3-4-6-14(13)10-17-15/h3-6,12,15,17H,2,7-11H2,1H3. The fourth-order valence-electron chi connectivity index (χ4n) is 3.22. The van der Waals surface area contributed by atoms with E-state index in [1.807, 2.05) is 0 Å². The van der Waals surface area contributed by atoms with Gasteiger partial charge in [-0.05, 0) is 29.9 Å². The lowest BCUT2D eigenvalue weighted by molar-refractivity contribution is -0.132. The molecule has 3 nitrogen and oxygen atoms in total. The molecule has 1 aromatic rings. The van der Waals surface area contributed by atoms with Crippen LogP contribution in [0.1, 0.15) is 30.9 Å². The summed E-state index contributed by atoms with van der Waals surface area (Å²) in [6.45, 7) is 4.93. The van der Waals surface area contributed by atoms with Crippen LogP contribution in [0.15, 0.2) is 24.3 Å². The number of fused-ring (bicyclic) bond motifs is 1. The maximum atomic E-state index is 12.5. The van der Waals surface area contributed by atoms with Crippen molar-refractivity contribution >= 4 is 5.91 Å². The molecule has 0 radical (unpaired) electrons. The molecule has 2 heterocycles. The van der Waals surface area contributed by atoms with Crippen LogP contribution in [-0.4, -0.2) is 29.9 Å². The highest BCUT2D eigenvalue weighted by atomic mass is 16.2. The molecule has 2 aliphatic rings. The predicted molar refractivity (Wildman–Crippen MR) is 75.8 cm³/mol. The van der Waals surface area contributed by atoms with Crippen LogP contribution in [0.5, 0.6) is 0 Å². The molecule has 2 aliphatic heterocycles. The molecule has 3 heteroatoms. The van der Waals surface area contributed by atoms with Crippen LogP contribution in [0.3, 0.4) is 0 Å². The number of nitrogens with zero attached hydrogens (tertiary/aromatic N) is 1. The Morgan fingerprint density at radius 1 is 1.37 bits per heavy atom. The molecule has 0 spiro atoms. The molecule has 0 bridgehead atoms. The molecule has 1 aromatic carbocycles. The number of likely N-dealkylation sites (tertiary alicyclic amines) is 1. The predicted octanol–water partition coefficient (Wildman–Crippen LogP) is 1.96. The number of hydrogen-bond acceptors (Lipinski definition) is 2. The first kappa shape index (κ1) is 12.7. The van der Waals surface area contributed by atoms with Crippen LogP contribution in [0.25, 0.3) is 0 Å². The lowest BCUT2D eigenvalue weighted by atomic mass is 9.95. The average Bonchev–Trinajstić information content (AvgIpc) is 2.95. The van der Waals surface area contributed by atoms with Crippen LogP contribution in [0, 0.1) is 5.92 Å². The number of rotatable bonds is 2. The zero-order valence-electron chi connectivity index (χ0n) is 11.6. The van der Waals surface area contributed by atoms with Gasteiger partial charge < -0.3 is 10.2 Å². The largest absolute Gasteiger partial charge is 0.341 e. The van der Waals surface area contributed by atoms with Gasteiger partial charge >= 0.3 is 0 Å². The summed E-state index contributed by atoms with van der Waals surface area (Å²) in [7, 11) is 0. The van der Waals surface area contributed by atoms with Gasteiger partial charge in [-0.15, -0.1) is 0 Å². The Morgan fingerprint density at radius 3 is 2.89 bits per heavy atom. The summed E-state index contributed by atoms with van der Waals surface area (Å²) < 4.78 is 0. The van der Waals surface area contributed by atoms with Gasteiger partial charge in [0.1, 0.15) is 0 Å². The van der Waals surface area contributed by atoms with Crippen molar-refractivity contribution in [1.82, 2.24) is 10.2 Å². The maximum absolute atomic E-state index is 12.5. The van der Waals surface area contributed by atoms with E-state index in [1.54, 1.807) is 0 Å². The second-order valence-corrected chi connectivity index (χ2v) is 5.75. The van der Waals surface area contributed by atoms with Crippen molar-refractivity contribution in [1.29, 1.82) is 0 Å². The SMILES string of the molecule is CCC1CCN(C(=O)C2Cc3ccccc3CN2)C1. The van der Waals surface area contributed by atoms with Crippen LogP contribution >= 0.6 is 0 Å². The molecule has 1 saturated heterocycles. The van der Waals surface area contributed by atoms with E-state index in [4.69, 9.17) is 0 Å². The minimum atomic E-state index is -0.0227. The number of carbonyl (C=O) groups is 1. The molecule has 2 unspecified atom stereocenters. The topological polar surface area (TPSA) is 32.3 Å². The van der Waals surface area contributed by atoms with E-state index in [-0.39, 0.29) is 6.04 Å². The van der Waals surface area contributed by atoms with Crippen LogP contribution < -0.4 is 5.32 Å². The van der Waals surface area contributed by atoms with Gasteiger partial charge in [-0.25, -0.2) is 0 Å². The van der Waals surface area contributed by atoms with E-state index in [2.05, 4.69) is 41.4 Å². The summed E-state index contributed by atoms with van der Waals surface area (Å²) in [5.74, 6) is 1.00. The summed E-state index contributed by atoms with van der Waals surface area (Å²) in [6, 6.07) is 8.40. The van der Waals surface area contributed by atoms with E-state index >= 15 is 0 Å². The molecule has 19 heavy (non-hydrogen) atoms. The molecule has 2 atom stereocenters. The molecular weight excluding hydrogens is 236 g/mol. The maximum Gasteiger partial charge on any atom is 0.240 e. The zero-order chi connectivity index (χ0) is 13.2. The van der Waals surface area contributed by atoms with Crippen molar-refractivity contribution in [3.8, 4) is 0 Å². The van der Waals surface area contributed by atoms with Crippen LogP contribution in [0.2, 0.25) is 0 Å². The Bertz CT molecular complexity index is 472. The van der Waals surface area contributed by atoms with Crippen molar-refractivity contribution in [2.75, 3.05) is 13.1 Å². The van der Waals surface area contributed by atoms with Crippen molar-refractivity contribution < 1.29 is 4.79 Å². The Kier molecular flexibility index (Phi) is 3.56. The van der Waals surface area contributed by atoms with Gasteiger partial charge in [0.05, 0.1) is 6.04 Å². The minimum Gasteiger partial charge on any atom is -0.341 e. The summed E-state index contributed by atoms with van der Waals surface area (Å²) >= 11 is 0. The third-order valence-electron chi connectivity index (χ3n) is 4.55. The Balaban J connectivity index is 1.66. The Hall–Kier alpha value is -1.35. The van der Waals surface area contributed by atoms with Gasteiger partial charge in [-0.1, -0.05) is 37.6 Å². The molecule has 0 aliphatic carbocycles. The number of nitrogens with one attached hydrogen (secondary N) is 1. The van der Waals surface area contributed by atoms with Crippen LogP contribution in [0.4, 0.5) is 0 Å². The molecule has 1 fully saturated rings. The molecule has 1 N–H and O–H groups in total. The second-order valence-electron chi connectivity index (χ2n) is 5.75. The first-order valence-corrected chi connectivity index (χ1v) is 7.37. The summed E-state index contributed by atoms with van der Waals surface area (Å²) in [5.41, 5.74) is 2.66. The first-order chi connectivity index (χ1) is 9.28. The summed E-state index contributed by atoms with van der Waals surface area (Å²) in [6.07, 6.45) is 3.19. The van der Waals surface area contributed by atoms with Gasteiger partial charge in [0.15, 0.2) is 0 Å². The molecule has 0 saturated carbocycles. The number of amides is 1. The van der Waals surface area contributed by atoms with Crippen molar-refractivity contribution in [2.24, 2.45) is 5.92 Å². The quantitative estimate of drug-likeness (QED) is 0.879. The lowest BCUT2D eigenvalue weighted by Gasteiger charge is -2.29. The fourth-order valence-corrected chi connectivity index (χ4v) is 3.22. The monoisotopic (exact) mass is 258 g/mol. The Labute approximate surface area is 115 Å². The Morgan fingerprint density at radius 2 is 2.16 bits per heavy atom. The van der Waals surface area contributed by atoms with Crippen molar-refractivity contribution in [3.63, 3.8) is 0 Å². The smallest absolute Gasteiger partial charge is 0.240 e. The first-order valence-electron chi connectivity index (χ1n) is 7.37.